The van der Waals surface area contributed by atoms with E-state index in [4.69, 9.17) is 0 Å². The Morgan fingerprint density at radius 2 is 1.96 bits per heavy atom. The maximum absolute atomic E-state index is 13.5. The van der Waals surface area contributed by atoms with Gasteiger partial charge in [0.05, 0.1) is 11.3 Å². The van der Waals surface area contributed by atoms with Crippen LogP contribution in [-0.4, -0.2) is 35.6 Å². The Bertz CT molecular complexity index is 814. The van der Waals surface area contributed by atoms with Crippen molar-refractivity contribution in [3.8, 4) is 6.07 Å². The molecule has 25 heavy (non-hydrogen) atoms. The van der Waals surface area contributed by atoms with Crippen molar-refractivity contribution in [2.24, 2.45) is 5.92 Å². The summed E-state index contributed by atoms with van der Waals surface area (Å²) in [5, 5.41) is 9.38. The summed E-state index contributed by atoms with van der Waals surface area (Å²) in [5.41, 5.74) is 2.29. The largest absolute Gasteiger partial charge is 0.365 e. The minimum absolute atomic E-state index is 0.302. The molecule has 128 valence electrons. The van der Waals surface area contributed by atoms with Gasteiger partial charge in [-0.15, -0.1) is 0 Å². The predicted octanol–water partition coefficient (Wildman–Crippen LogP) is 2.90. The highest BCUT2D eigenvalue weighted by Gasteiger charge is 2.39. The first-order valence-electron chi connectivity index (χ1n) is 8.65. The van der Waals surface area contributed by atoms with Crippen LogP contribution < -0.4 is 9.80 Å². The first kappa shape index (κ1) is 15.8. The molecule has 0 radical (unpaired) electrons. The second-order valence-corrected chi connectivity index (χ2v) is 6.88. The van der Waals surface area contributed by atoms with E-state index < -0.39 is 0 Å². The number of piperidine rings is 1. The quantitative estimate of drug-likeness (QED) is 0.843. The summed E-state index contributed by atoms with van der Waals surface area (Å²) in [6.07, 6.45) is 5.88. The van der Waals surface area contributed by atoms with Crippen molar-refractivity contribution in [2.75, 3.05) is 29.4 Å². The van der Waals surface area contributed by atoms with E-state index >= 15 is 0 Å². The minimum Gasteiger partial charge on any atom is -0.365 e. The Labute approximate surface area is 146 Å². The first-order chi connectivity index (χ1) is 12.2. The van der Waals surface area contributed by atoms with E-state index in [1.54, 1.807) is 6.07 Å². The molecule has 2 aliphatic rings. The predicted molar refractivity (Wildman–Crippen MR) is 94.0 cm³/mol. The molecule has 4 rings (SSSR count). The molecule has 5 nitrogen and oxygen atoms in total. The van der Waals surface area contributed by atoms with Crippen molar-refractivity contribution in [2.45, 2.75) is 25.8 Å². The van der Waals surface area contributed by atoms with Crippen molar-refractivity contribution in [1.29, 1.82) is 5.26 Å². The Morgan fingerprint density at radius 1 is 1.20 bits per heavy atom. The average molecular weight is 337 g/mol. The van der Waals surface area contributed by atoms with E-state index in [0.29, 0.717) is 17.5 Å². The number of hydrogen-bond acceptors (Lipinski definition) is 5. The van der Waals surface area contributed by atoms with Gasteiger partial charge in [0.2, 0.25) is 5.95 Å². The molecule has 3 heterocycles. The lowest BCUT2D eigenvalue weighted by molar-refractivity contribution is 0.387. The van der Waals surface area contributed by atoms with Gasteiger partial charge < -0.3 is 9.80 Å². The highest BCUT2D eigenvalue weighted by atomic mass is 19.1. The molecule has 1 aromatic carbocycles. The third-order valence-electron chi connectivity index (χ3n) is 5.30. The number of anilines is 2. The Hall–Kier alpha value is -2.68. The topological polar surface area (TPSA) is 56.1 Å². The van der Waals surface area contributed by atoms with Gasteiger partial charge in [-0.1, -0.05) is 0 Å². The molecule has 0 aliphatic carbocycles. The van der Waals surface area contributed by atoms with E-state index in [-0.39, 0.29) is 5.82 Å². The average Bonchev–Trinajstić information content (AvgIpc) is 3.05. The SMILES string of the molecule is Cc1cnc(N2CCC3CCN(c4ccc(F)cc4C#N)C3C2)nc1. The first-order valence-corrected chi connectivity index (χ1v) is 8.65. The summed E-state index contributed by atoms with van der Waals surface area (Å²) >= 11 is 0. The summed E-state index contributed by atoms with van der Waals surface area (Å²) in [7, 11) is 0. The number of halogens is 1. The van der Waals surface area contributed by atoms with Crippen LogP contribution in [0.5, 0.6) is 0 Å². The minimum atomic E-state index is -0.366. The highest BCUT2D eigenvalue weighted by molar-refractivity contribution is 5.61. The standard InChI is InChI=1S/C19H20FN5/c1-13-10-22-19(23-11-13)24-6-4-14-5-7-25(18(14)12-24)17-3-2-16(20)8-15(17)9-21/h2-3,8,10-11,14,18H,4-7,12H2,1H3. The zero-order valence-electron chi connectivity index (χ0n) is 14.2. The van der Waals surface area contributed by atoms with Crippen LogP contribution in [-0.2, 0) is 0 Å². The molecule has 0 saturated carbocycles. The monoisotopic (exact) mass is 337 g/mol. The number of nitriles is 1. The molecule has 2 unspecified atom stereocenters. The lowest BCUT2D eigenvalue weighted by Crippen LogP contribution is -2.49. The smallest absolute Gasteiger partial charge is 0.225 e. The Morgan fingerprint density at radius 3 is 2.72 bits per heavy atom. The number of hydrogen-bond donors (Lipinski definition) is 0. The molecule has 0 N–H and O–H groups in total. The molecule has 1 aromatic heterocycles. The van der Waals surface area contributed by atoms with Crippen LogP contribution in [0.4, 0.5) is 16.0 Å². The van der Waals surface area contributed by atoms with E-state index in [1.165, 1.54) is 12.1 Å². The van der Waals surface area contributed by atoms with E-state index in [2.05, 4.69) is 25.8 Å². The van der Waals surface area contributed by atoms with Crippen molar-refractivity contribution in [1.82, 2.24) is 9.97 Å². The van der Waals surface area contributed by atoms with Crippen molar-refractivity contribution in [3.63, 3.8) is 0 Å². The maximum Gasteiger partial charge on any atom is 0.225 e. The van der Waals surface area contributed by atoms with Crippen molar-refractivity contribution >= 4 is 11.6 Å². The fraction of sp³-hybridized carbons (Fsp3) is 0.421. The van der Waals surface area contributed by atoms with Crippen LogP contribution in [0.25, 0.3) is 0 Å². The van der Waals surface area contributed by atoms with Gasteiger partial charge in [-0.3, -0.25) is 0 Å². The third-order valence-corrected chi connectivity index (χ3v) is 5.30. The maximum atomic E-state index is 13.5. The van der Waals surface area contributed by atoms with Crippen molar-refractivity contribution < 1.29 is 4.39 Å². The van der Waals surface area contributed by atoms with Gasteiger partial charge in [-0.25, -0.2) is 14.4 Å². The van der Waals surface area contributed by atoms with Gasteiger partial charge in [0.15, 0.2) is 0 Å². The zero-order chi connectivity index (χ0) is 17.4. The molecule has 2 saturated heterocycles. The van der Waals surface area contributed by atoms with Crippen LogP contribution in [0.1, 0.15) is 24.0 Å². The Kier molecular flexibility index (Phi) is 4.00. The lowest BCUT2D eigenvalue weighted by atomic mass is 9.92. The number of fused-ring (bicyclic) bond motifs is 1. The molecule has 2 aromatic rings. The molecular formula is C19H20FN5. The van der Waals surface area contributed by atoms with Crippen LogP contribution in [0.3, 0.4) is 0 Å². The summed E-state index contributed by atoms with van der Waals surface area (Å²) in [4.78, 5) is 13.4. The molecule has 6 heteroatoms. The van der Waals surface area contributed by atoms with Gasteiger partial charge in [0.1, 0.15) is 11.9 Å². The van der Waals surface area contributed by atoms with Crippen LogP contribution in [0.2, 0.25) is 0 Å². The second-order valence-electron chi connectivity index (χ2n) is 6.88. The molecular weight excluding hydrogens is 317 g/mol. The molecule has 2 fully saturated rings. The number of aromatic nitrogens is 2. The van der Waals surface area contributed by atoms with Crippen LogP contribution in [0.15, 0.2) is 30.6 Å². The van der Waals surface area contributed by atoms with E-state index in [0.717, 1.165) is 49.7 Å². The van der Waals surface area contributed by atoms with Gasteiger partial charge in [0, 0.05) is 38.1 Å². The fourth-order valence-electron chi connectivity index (χ4n) is 4.02. The summed E-state index contributed by atoms with van der Waals surface area (Å²) < 4.78 is 13.5. The third kappa shape index (κ3) is 2.91. The normalized spacial score (nSPS) is 22.6. The van der Waals surface area contributed by atoms with Gasteiger partial charge in [-0.05, 0) is 49.4 Å². The molecule has 2 atom stereocenters. The summed E-state index contributed by atoms with van der Waals surface area (Å²) in [6, 6.07) is 6.94. The second kappa shape index (κ2) is 6.32. The fourth-order valence-corrected chi connectivity index (χ4v) is 4.02. The number of aryl methyl sites for hydroxylation is 1. The number of rotatable bonds is 2. The molecule has 2 aliphatic heterocycles. The van der Waals surface area contributed by atoms with E-state index in [9.17, 15) is 9.65 Å². The van der Waals surface area contributed by atoms with Gasteiger partial charge in [0.25, 0.3) is 0 Å². The van der Waals surface area contributed by atoms with Crippen molar-refractivity contribution in [3.05, 3.63) is 47.5 Å². The van der Waals surface area contributed by atoms with Crippen LogP contribution >= 0.6 is 0 Å². The molecule has 0 spiro atoms. The van der Waals surface area contributed by atoms with Crippen LogP contribution in [0, 0.1) is 30.0 Å². The van der Waals surface area contributed by atoms with Gasteiger partial charge in [-0.2, -0.15) is 5.26 Å². The zero-order valence-corrected chi connectivity index (χ0v) is 14.2. The van der Waals surface area contributed by atoms with E-state index in [1.807, 2.05) is 19.3 Å². The lowest BCUT2D eigenvalue weighted by Gasteiger charge is -2.39. The summed E-state index contributed by atoms with van der Waals surface area (Å²) in [5.74, 6) is 0.989. The Balaban J connectivity index is 1.60. The number of benzene rings is 1. The molecule has 0 bridgehead atoms. The van der Waals surface area contributed by atoms with Gasteiger partial charge >= 0.3 is 0 Å². The molecule has 0 amide bonds. The highest BCUT2D eigenvalue weighted by Crippen LogP contribution is 2.37. The summed E-state index contributed by atoms with van der Waals surface area (Å²) in [6.45, 7) is 4.66. The number of nitrogens with zero attached hydrogens (tertiary/aromatic N) is 5.